The lowest BCUT2D eigenvalue weighted by atomic mass is 10.2. The summed E-state index contributed by atoms with van der Waals surface area (Å²) in [5.41, 5.74) is -1.28. The third-order valence-electron chi connectivity index (χ3n) is 3.65. The van der Waals surface area contributed by atoms with Crippen LogP contribution in [0.3, 0.4) is 0 Å². The molecular formula is C16H12F2N4O3. The Morgan fingerprint density at radius 2 is 1.68 bits per heavy atom. The molecule has 3 aromatic rings. The van der Waals surface area contributed by atoms with Crippen LogP contribution in [0.4, 0.5) is 14.5 Å². The van der Waals surface area contributed by atoms with Crippen molar-refractivity contribution in [3.8, 4) is 0 Å². The maximum atomic E-state index is 13.2. The summed E-state index contributed by atoms with van der Waals surface area (Å²) in [5, 5.41) is 2.48. The Bertz CT molecular complexity index is 1110. The zero-order chi connectivity index (χ0) is 18.3. The van der Waals surface area contributed by atoms with Gasteiger partial charge in [-0.25, -0.2) is 18.6 Å². The van der Waals surface area contributed by atoms with E-state index in [9.17, 15) is 23.2 Å². The largest absolute Gasteiger partial charge is 0.332 e. The molecule has 0 fully saturated rings. The normalized spacial score (nSPS) is 10.9. The molecule has 0 aliphatic rings. The molecule has 0 radical (unpaired) electrons. The molecule has 1 aromatic carbocycles. The number of nitrogens with one attached hydrogen (secondary N) is 1. The van der Waals surface area contributed by atoms with Gasteiger partial charge >= 0.3 is 5.69 Å². The number of carbonyl (C=O) groups is 1. The first-order valence-corrected chi connectivity index (χ1v) is 7.12. The third kappa shape index (κ3) is 2.91. The van der Waals surface area contributed by atoms with Crippen LogP contribution < -0.4 is 16.6 Å². The summed E-state index contributed by atoms with van der Waals surface area (Å²) >= 11 is 0. The van der Waals surface area contributed by atoms with Crippen molar-refractivity contribution in [2.75, 3.05) is 5.32 Å². The molecule has 25 heavy (non-hydrogen) atoms. The molecule has 0 saturated carbocycles. The van der Waals surface area contributed by atoms with Gasteiger partial charge in [-0.2, -0.15) is 0 Å². The van der Waals surface area contributed by atoms with E-state index in [0.29, 0.717) is 6.07 Å². The van der Waals surface area contributed by atoms with Crippen molar-refractivity contribution in [3.63, 3.8) is 0 Å². The molecule has 0 unspecified atom stereocenters. The van der Waals surface area contributed by atoms with Gasteiger partial charge < -0.3 is 5.32 Å². The van der Waals surface area contributed by atoms with Gasteiger partial charge in [0.2, 0.25) is 0 Å². The molecule has 0 spiro atoms. The number of fused-ring (bicyclic) bond motifs is 1. The average Bonchev–Trinajstić information content (AvgIpc) is 2.56. The Morgan fingerprint density at radius 3 is 2.32 bits per heavy atom. The SMILES string of the molecule is Cn1c(=O)c2ccc(C(=O)Nc3cc(F)cc(F)c3)nc2n(C)c1=O. The summed E-state index contributed by atoms with van der Waals surface area (Å²) in [6.45, 7) is 0. The van der Waals surface area contributed by atoms with Crippen molar-refractivity contribution in [1.29, 1.82) is 0 Å². The van der Waals surface area contributed by atoms with Gasteiger partial charge in [0.25, 0.3) is 11.5 Å². The van der Waals surface area contributed by atoms with E-state index in [2.05, 4.69) is 10.3 Å². The number of hydrogen-bond acceptors (Lipinski definition) is 4. The lowest BCUT2D eigenvalue weighted by Gasteiger charge is -2.09. The van der Waals surface area contributed by atoms with Crippen molar-refractivity contribution >= 4 is 22.6 Å². The minimum absolute atomic E-state index is 0.0335. The average molecular weight is 346 g/mol. The van der Waals surface area contributed by atoms with Crippen LogP contribution in [0.5, 0.6) is 0 Å². The molecule has 2 aromatic heterocycles. The number of pyridine rings is 1. The first-order chi connectivity index (χ1) is 11.8. The van der Waals surface area contributed by atoms with Crippen molar-refractivity contribution in [2.24, 2.45) is 14.1 Å². The molecular weight excluding hydrogens is 334 g/mol. The molecule has 2 heterocycles. The van der Waals surface area contributed by atoms with Crippen LogP contribution in [0.2, 0.25) is 0 Å². The van der Waals surface area contributed by atoms with Gasteiger partial charge in [-0.15, -0.1) is 0 Å². The van der Waals surface area contributed by atoms with Crippen molar-refractivity contribution in [2.45, 2.75) is 0 Å². The zero-order valence-electron chi connectivity index (χ0n) is 13.2. The Hall–Kier alpha value is -3.36. The van der Waals surface area contributed by atoms with Crippen LogP contribution in [0.15, 0.2) is 39.9 Å². The van der Waals surface area contributed by atoms with Gasteiger partial charge in [-0.3, -0.25) is 18.7 Å². The fourth-order valence-corrected chi connectivity index (χ4v) is 2.40. The van der Waals surface area contributed by atoms with Gasteiger partial charge in [0, 0.05) is 25.8 Å². The van der Waals surface area contributed by atoms with E-state index in [0.717, 1.165) is 21.3 Å². The number of hydrogen-bond donors (Lipinski definition) is 1. The number of rotatable bonds is 2. The first kappa shape index (κ1) is 16.5. The minimum atomic E-state index is -0.840. The van der Waals surface area contributed by atoms with Crippen LogP contribution >= 0.6 is 0 Å². The van der Waals surface area contributed by atoms with Crippen LogP contribution in [0.1, 0.15) is 10.5 Å². The van der Waals surface area contributed by atoms with Crippen molar-refractivity contribution in [3.05, 3.63) is 68.5 Å². The van der Waals surface area contributed by atoms with Gasteiger partial charge in [0.05, 0.1) is 5.39 Å². The summed E-state index contributed by atoms with van der Waals surface area (Å²) in [4.78, 5) is 40.3. The molecule has 1 N–H and O–H groups in total. The molecule has 0 bridgehead atoms. The lowest BCUT2D eigenvalue weighted by Crippen LogP contribution is -2.37. The molecule has 0 aliphatic heterocycles. The summed E-state index contributed by atoms with van der Waals surface area (Å²) in [5.74, 6) is -2.42. The Kier molecular flexibility index (Phi) is 3.91. The van der Waals surface area contributed by atoms with Crippen LogP contribution in [0, 0.1) is 11.6 Å². The van der Waals surface area contributed by atoms with E-state index < -0.39 is 28.8 Å². The fourth-order valence-electron chi connectivity index (χ4n) is 2.40. The zero-order valence-corrected chi connectivity index (χ0v) is 13.2. The standard InChI is InChI=1S/C16H12F2N4O3/c1-21-13-11(15(24)22(2)16(21)25)3-4-12(20-13)14(23)19-10-6-8(17)5-9(18)7-10/h3-7H,1-2H3,(H,19,23). The number of aryl methyl sites for hydroxylation is 1. The molecule has 128 valence electrons. The molecule has 0 atom stereocenters. The molecule has 0 saturated heterocycles. The summed E-state index contributed by atoms with van der Waals surface area (Å²) < 4.78 is 28.4. The topological polar surface area (TPSA) is 86.0 Å². The van der Waals surface area contributed by atoms with Crippen LogP contribution in [-0.4, -0.2) is 20.0 Å². The molecule has 9 heteroatoms. The fraction of sp³-hybridized carbons (Fsp3) is 0.125. The lowest BCUT2D eigenvalue weighted by molar-refractivity contribution is 0.102. The molecule has 7 nitrogen and oxygen atoms in total. The number of nitrogens with zero attached hydrogens (tertiary/aromatic N) is 3. The van der Waals surface area contributed by atoms with E-state index in [-0.39, 0.29) is 22.4 Å². The van der Waals surface area contributed by atoms with E-state index in [4.69, 9.17) is 0 Å². The van der Waals surface area contributed by atoms with E-state index in [1.54, 1.807) is 0 Å². The number of carbonyl (C=O) groups excluding carboxylic acids is 1. The quantitative estimate of drug-likeness (QED) is 0.755. The maximum absolute atomic E-state index is 13.2. The van der Waals surface area contributed by atoms with Gasteiger partial charge in [-0.1, -0.05) is 0 Å². The Balaban J connectivity index is 2.06. The summed E-state index contributed by atoms with van der Waals surface area (Å²) in [6, 6.07) is 5.24. The van der Waals surface area contributed by atoms with E-state index in [1.807, 2.05) is 0 Å². The highest BCUT2D eigenvalue weighted by molar-refractivity contribution is 6.03. The maximum Gasteiger partial charge on any atom is 0.332 e. The second-order valence-corrected chi connectivity index (χ2v) is 5.39. The van der Waals surface area contributed by atoms with E-state index >= 15 is 0 Å². The second kappa shape index (κ2) is 5.93. The Morgan fingerprint density at radius 1 is 1.04 bits per heavy atom. The van der Waals surface area contributed by atoms with Gasteiger partial charge in [0.15, 0.2) is 0 Å². The van der Waals surface area contributed by atoms with Gasteiger partial charge in [-0.05, 0) is 24.3 Å². The second-order valence-electron chi connectivity index (χ2n) is 5.39. The van der Waals surface area contributed by atoms with Crippen molar-refractivity contribution in [1.82, 2.24) is 14.1 Å². The number of aromatic nitrogens is 3. The highest BCUT2D eigenvalue weighted by Gasteiger charge is 2.14. The third-order valence-corrected chi connectivity index (χ3v) is 3.65. The van der Waals surface area contributed by atoms with Crippen LogP contribution in [-0.2, 0) is 14.1 Å². The molecule has 0 aliphatic carbocycles. The highest BCUT2D eigenvalue weighted by atomic mass is 19.1. The Labute approximate surface area is 139 Å². The summed E-state index contributed by atoms with van der Waals surface area (Å²) in [6.07, 6.45) is 0. The summed E-state index contributed by atoms with van der Waals surface area (Å²) in [7, 11) is 2.75. The number of halogens is 2. The first-order valence-electron chi connectivity index (χ1n) is 7.12. The number of benzene rings is 1. The van der Waals surface area contributed by atoms with Gasteiger partial charge in [0.1, 0.15) is 23.0 Å². The number of anilines is 1. The predicted molar refractivity (Wildman–Crippen MR) is 86.5 cm³/mol. The highest BCUT2D eigenvalue weighted by Crippen LogP contribution is 2.14. The monoisotopic (exact) mass is 346 g/mol. The minimum Gasteiger partial charge on any atom is -0.320 e. The number of amides is 1. The molecule has 1 amide bonds. The smallest absolute Gasteiger partial charge is 0.320 e. The predicted octanol–water partition coefficient (Wildman–Crippen LogP) is 1.16. The van der Waals surface area contributed by atoms with E-state index in [1.165, 1.54) is 26.2 Å². The molecule has 3 rings (SSSR count). The van der Waals surface area contributed by atoms with Crippen LogP contribution in [0.25, 0.3) is 11.0 Å². The van der Waals surface area contributed by atoms with Crippen molar-refractivity contribution < 1.29 is 13.6 Å².